The van der Waals surface area contributed by atoms with E-state index in [0.29, 0.717) is 0 Å². The van der Waals surface area contributed by atoms with Gasteiger partial charge in [-0.05, 0) is 71.8 Å². The summed E-state index contributed by atoms with van der Waals surface area (Å²) in [6, 6.07) is 11.2. The molecule has 4 heterocycles. The van der Waals surface area contributed by atoms with Crippen LogP contribution in [0.15, 0.2) is 59.7 Å². The van der Waals surface area contributed by atoms with Gasteiger partial charge in [-0.25, -0.2) is 0 Å². The zero-order valence-corrected chi connectivity index (χ0v) is 18.8. The second-order valence-corrected chi connectivity index (χ2v) is 9.16. The van der Waals surface area contributed by atoms with E-state index in [1.165, 1.54) is 46.9 Å². The predicted octanol–water partition coefficient (Wildman–Crippen LogP) is 6.35. The number of hydrogen-bond donors (Lipinski definition) is 1. The number of piperidine rings is 1. The van der Waals surface area contributed by atoms with E-state index in [-0.39, 0.29) is 6.23 Å². The number of H-pyrrole nitrogens is 1. The van der Waals surface area contributed by atoms with Crippen molar-refractivity contribution in [1.82, 2.24) is 14.9 Å². The topological polar surface area (TPSA) is 41.1 Å². The molecule has 1 saturated heterocycles. The summed E-state index contributed by atoms with van der Waals surface area (Å²) in [4.78, 5) is 10.5. The van der Waals surface area contributed by atoms with Gasteiger partial charge >= 0.3 is 0 Å². The number of rotatable bonds is 7. The van der Waals surface area contributed by atoms with Crippen molar-refractivity contribution in [3.63, 3.8) is 0 Å². The summed E-state index contributed by atoms with van der Waals surface area (Å²) < 4.78 is 5.84. The number of aromatic amines is 1. The van der Waals surface area contributed by atoms with E-state index in [1.54, 1.807) is 11.3 Å². The average Bonchev–Trinajstić information content (AvgIpc) is 3.50. The van der Waals surface area contributed by atoms with Gasteiger partial charge in [0.2, 0.25) is 0 Å². The fourth-order valence-electron chi connectivity index (χ4n) is 4.68. The molecule has 1 atom stereocenters. The van der Waals surface area contributed by atoms with Gasteiger partial charge in [0.1, 0.15) is 6.23 Å². The molecule has 1 fully saturated rings. The zero-order chi connectivity index (χ0) is 21.0. The smallest absolute Gasteiger partial charge is 0.110 e. The molecule has 0 bridgehead atoms. The van der Waals surface area contributed by atoms with Gasteiger partial charge < -0.3 is 9.72 Å². The van der Waals surface area contributed by atoms with Gasteiger partial charge in [0.15, 0.2) is 0 Å². The minimum atomic E-state index is 0.216. The Labute approximate surface area is 187 Å². The Kier molecular flexibility index (Phi) is 6.16. The summed E-state index contributed by atoms with van der Waals surface area (Å²) >= 11 is 1.71. The standard InChI is InChI=1S/C26H29N3OS/c1-30-26(29-10-3-2-4-11-29)8-6-19-5-7-25-23(13-19)24(17-28-25)22-14-21(15-27-16-22)20-9-12-31-18-20/h5,7,9,12-18,26,28H,2-4,6,8,10-11H2,1H3. The van der Waals surface area contributed by atoms with Gasteiger partial charge in [0.25, 0.3) is 0 Å². The number of methoxy groups -OCH3 is 1. The van der Waals surface area contributed by atoms with Crippen LogP contribution in [0.3, 0.4) is 0 Å². The Hall–Kier alpha value is -2.47. The quantitative estimate of drug-likeness (QED) is 0.371. The normalized spacial score (nSPS) is 16.0. The second-order valence-electron chi connectivity index (χ2n) is 8.38. The van der Waals surface area contributed by atoms with Crippen LogP contribution in [0.1, 0.15) is 31.2 Å². The highest BCUT2D eigenvalue weighted by Gasteiger charge is 2.20. The van der Waals surface area contributed by atoms with Crippen molar-refractivity contribution in [1.29, 1.82) is 0 Å². The Bertz CT molecular complexity index is 1130. The van der Waals surface area contributed by atoms with E-state index < -0.39 is 0 Å². The molecular formula is C26H29N3OS. The van der Waals surface area contributed by atoms with E-state index in [4.69, 9.17) is 4.74 Å². The summed E-state index contributed by atoms with van der Waals surface area (Å²) in [6.45, 7) is 2.32. The molecule has 1 unspecified atom stereocenters. The van der Waals surface area contributed by atoms with Crippen molar-refractivity contribution < 1.29 is 4.74 Å². The summed E-state index contributed by atoms with van der Waals surface area (Å²) in [7, 11) is 1.85. The molecule has 1 aromatic carbocycles. The van der Waals surface area contributed by atoms with E-state index >= 15 is 0 Å². The molecule has 0 spiro atoms. The van der Waals surface area contributed by atoms with Crippen LogP contribution in [0.25, 0.3) is 33.2 Å². The first-order valence-corrected chi connectivity index (χ1v) is 12.1. The van der Waals surface area contributed by atoms with Crippen molar-refractivity contribution in [3.8, 4) is 22.3 Å². The minimum Gasteiger partial charge on any atom is -0.366 e. The Balaban J connectivity index is 1.38. The van der Waals surface area contributed by atoms with E-state index in [1.807, 2.05) is 19.5 Å². The van der Waals surface area contributed by atoms with Gasteiger partial charge in [-0.3, -0.25) is 9.88 Å². The lowest BCUT2D eigenvalue weighted by Gasteiger charge is -2.33. The number of benzene rings is 1. The first-order chi connectivity index (χ1) is 15.3. The lowest BCUT2D eigenvalue weighted by atomic mass is 10.00. The van der Waals surface area contributed by atoms with Crippen LogP contribution in [0.4, 0.5) is 0 Å². The number of ether oxygens (including phenoxy) is 1. The van der Waals surface area contributed by atoms with Crippen LogP contribution in [0.2, 0.25) is 0 Å². The molecular weight excluding hydrogens is 402 g/mol. The van der Waals surface area contributed by atoms with Crippen molar-refractivity contribution in [2.45, 2.75) is 38.3 Å². The van der Waals surface area contributed by atoms with Gasteiger partial charge in [-0.2, -0.15) is 11.3 Å². The maximum absolute atomic E-state index is 5.84. The summed E-state index contributed by atoms with van der Waals surface area (Å²) in [5, 5.41) is 5.54. The highest BCUT2D eigenvalue weighted by Crippen LogP contribution is 2.32. The average molecular weight is 432 g/mol. The van der Waals surface area contributed by atoms with Crippen LogP contribution in [0, 0.1) is 0 Å². The van der Waals surface area contributed by atoms with Crippen molar-refractivity contribution >= 4 is 22.2 Å². The molecule has 3 aromatic heterocycles. The molecule has 0 saturated carbocycles. The molecule has 0 amide bonds. The number of aryl methyl sites for hydroxylation is 1. The fraction of sp³-hybridized carbons (Fsp3) is 0.346. The van der Waals surface area contributed by atoms with Crippen molar-refractivity contribution in [2.24, 2.45) is 0 Å². The lowest BCUT2D eigenvalue weighted by Crippen LogP contribution is -2.40. The van der Waals surface area contributed by atoms with Crippen LogP contribution in [0.5, 0.6) is 0 Å². The van der Waals surface area contributed by atoms with E-state index in [2.05, 4.69) is 62.2 Å². The maximum atomic E-state index is 5.84. The first kappa shape index (κ1) is 20.4. The highest BCUT2D eigenvalue weighted by molar-refractivity contribution is 7.08. The zero-order valence-electron chi connectivity index (χ0n) is 18.0. The highest BCUT2D eigenvalue weighted by atomic mass is 32.1. The molecule has 31 heavy (non-hydrogen) atoms. The third-order valence-electron chi connectivity index (χ3n) is 6.40. The fourth-order valence-corrected chi connectivity index (χ4v) is 5.35. The van der Waals surface area contributed by atoms with E-state index in [9.17, 15) is 0 Å². The van der Waals surface area contributed by atoms with Crippen LogP contribution >= 0.6 is 11.3 Å². The first-order valence-electron chi connectivity index (χ1n) is 11.2. The van der Waals surface area contributed by atoms with Gasteiger partial charge in [-0.15, -0.1) is 0 Å². The third kappa shape index (κ3) is 4.45. The largest absolute Gasteiger partial charge is 0.366 e. The molecule has 4 nitrogen and oxygen atoms in total. The number of nitrogens with one attached hydrogen (secondary N) is 1. The van der Waals surface area contributed by atoms with Gasteiger partial charge in [0.05, 0.1) is 0 Å². The molecule has 4 aromatic rings. The molecule has 5 heteroatoms. The third-order valence-corrected chi connectivity index (χ3v) is 7.08. The Morgan fingerprint density at radius 3 is 2.74 bits per heavy atom. The molecule has 1 N–H and O–H groups in total. The minimum absolute atomic E-state index is 0.216. The Morgan fingerprint density at radius 2 is 1.94 bits per heavy atom. The molecule has 1 aliphatic heterocycles. The monoisotopic (exact) mass is 431 g/mol. The summed E-state index contributed by atoms with van der Waals surface area (Å²) in [5.41, 5.74) is 7.27. The molecule has 5 rings (SSSR count). The number of fused-ring (bicyclic) bond motifs is 1. The van der Waals surface area contributed by atoms with E-state index in [0.717, 1.165) is 37.1 Å². The number of pyridine rings is 1. The second kappa shape index (κ2) is 9.35. The Morgan fingerprint density at radius 1 is 1.06 bits per heavy atom. The van der Waals surface area contributed by atoms with Crippen molar-refractivity contribution in [3.05, 3.63) is 65.2 Å². The lowest BCUT2D eigenvalue weighted by molar-refractivity contribution is -0.0456. The molecule has 160 valence electrons. The number of likely N-dealkylation sites (tertiary alicyclic amines) is 1. The van der Waals surface area contributed by atoms with Crippen LogP contribution in [-0.2, 0) is 11.2 Å². The van der Waals surface area contributed by atoms with Gasteiger partial charge in [-0.1, -0.05) is 12.5 Å². The van der Waals surface area contributed by atoms with Crippen LogP contribution < -0.4 is 0 Å². The molecule has 0 aliphatic carbocycles. The number of nitrogens with zero attached hydrogens (tertiary/aromatic N) is 2. The molecule has 1 aliphatic rings. The summed E-state index contributed by atoms with van der Waals surface area (Å²) in [6.07, 6.45) is 12.2. The maximum Gasteiger partial charge on any atom is 0.110 e. The van der Waals surface area contributed by atoms with Gasteiger partial charge in [0, 0.05) is 66.4 Å². The number of thiophene rings is 1. The number of hydrogen-bond acceptors (Lipinski definition) is 4. The predicted molar refractivity (Wildman–Crippen MR) is 129 cm³/mol. The van der Waals surface area contributed by atoms with Crippen LogP contribution in [-0.4, -0.2) is 41.3 Å². The molecule has 0 radical (unpaired) electrons. The SMILES string of the molecule is COC(CCc1ccc2[nH]cc(-c3cncc(-c4ccsc4)c3)c2c1)N1CCCCC1. The number of aromatic nitrogens is 2. The summed E-state index contributed by atoms with van der Waals surface area (Å²) in [5.74, 6) is 0. The van der Waals surface area contributed by atoms with Crippen molar-refractivity contribution in [2.75, 3.05) is 20.2 Å².